The second-order valence-corrected chi connectivity index (χ2v) is 6.85. The van der Waals surface area contributed by atoms with E-state index in [0.29, 0.717) is 43.4 Å². The summed E-state index contributed by atoms with van der Waals surface area (Å²) < 4.78 is 11.2. The fourth-order valence-corrected chi connectivity index (χ4v) is 3.20. The minimum absolute atomic E-state index is 0.166. The van der Waals surface area contributed by atoms with Crippen LogP contribution >= 0.6 is 0 Å². The van der Waals surface area contributed by atoms with Crippen molar-refractivity contribution in [1.82, 2.24) is 10.2 Å². The van der Waals surface area contributed by atoms with Crippen molar-refractivity contribution in [2.24, 2.45) is 0 Å². The molecule has 3 aromatic rings. The molecule has 0 bridgehead atoms. The summed E-state index contributed by atoms with van der Waals surface area (Å²) in [4.78, 5) is 27.4. The molecule has 152 valence electrons. The lowest BCUT2D eigenvalue weighted by Gasteiger charge is -2.27. The van der Waals surface area contributed by atoms with Gasteiger partial charge in [0, 0.05) is 30.3 Å². The van der Waals surface area contributed by atoms with Crippen LogP contribution in [0.15, 0.2) is 82.9 Å². The topological polar surface area (TPSA) is 71.8 Å². The highest BCUT2D eigenvalue weighted by Crippen LogP contribution is 2.23. The van der Waals surface area contributed by atoms with E-state index in [0.717, 1.165) is 5.56 Å². The number of nitrogens with one attached hydrogen (secondary N) is 1. The molecular weight excluding hydrogens is 380 g/mol. The Morgan fingerprint density at radius 1 is 0.867 bits per heavy atom. The van der Waals surface area contributed by atoms with Crippen molar-refractivity contribution in [2.45, 2.75) is 0 Å². The van der Waals surface area contributed by atoms with Gasteiger partial charge < -0.3 is 19.4 Å². The maximum atomic E-state index is 13.1. The maximum Gasteiger partial charge on any atom is 0.270 e. The Morgan fingerprint density at radius 2 is 1.53 bits per heavy atom. The average Bonchev–Trinajstić information content (AvgIpc) is 3.28. The number of furan rings is 1. The van der Waals surface area contributed by atoms with Crippen molar-refractivity contribution in [1.29, 1.82) is 0 Å². The quantitative estimate of drug-likeness (QED) is 0.662. The Balaban J connectivity index is 1.61. The fraction of sp³-hybridized carbons (Fsp3) is 0.167. The van der Waals surface area contributed by atoms with Gasteiger partial charge in [-0.05, 0) is 24.3 Å². The molecule has 4 rings (SSSR count). The van der Waals surface area contributed by atoms with Crippen LogP contribution in [0.4, 0.5) is 0 Å². The van der Waals surface area contributed by atoms with Crippen LogP contribution in [0.5, 0.6) is 0 Å². The SMILES string of the molecule is O=C(N/C(=C/c1ccc(-c2ccccc2)o1)C(=O)N1CCOCC1)c1ccccc1. The molecule has 0 spiro atoms. The van der Waals surface area contributed by atoms with Crippen molar-refractivity contribution in [3.8, 4) is 11.3 Å². The number of hydrogen-bond donors (Lipinski definition) is 1. The Bertz CT molecular complexity index is 1040. The number of benzene rings is 2. The normalized spacial score (nSPS) is 14.4. The van der Waals surface area contributed by atoms with Gasteiger partial charge in [-0.2, -0.15) is 0 Å². The molecule has 1 fully saturated rings. The molecule has 0 saturated carbocycles. The van der Waals surface area contributed by atoms with Crippen molar-refractivity contribution in [3.05, 3.63) is 89.8 Å². The lowest BCUT2D eigenvalue weighted by atomic mass is 10.2. The van der Waals surface area contributed by atoms with Crippen LogP contribution in [0.25, 0.3) is 17.4 Å². The third-order valence-corrected chi connectivity index (χ3v) is 4.78. The molecule has 0 atom stereocenters. The maximum absolute atomic E-state index is 13.1. The second kappa shape index (κ2) is 9.24. The van der Waals surface area contributed by atoms with Gasteiger partial charge in [0.1, 0.15) is 17.2 Å². The first kappa shape index (κ1) is 19.7. The van der Waals surface area contributed by atoms with Crippen LogP contribution in [0.2, 0.25) is 0 Å². The zero-order valence-electron chi connectivity index (χ0n) is 16.4. The van der Waals surface area contributed by atoms with Crippen LogP contribution in [-0.4, -0.2) is 43.0 Å². The molecule has 30 heavy (non-hydrogen) atoms. The molecule has 1 aliphatic heterocycles. The number of rotatable bonds is 5. The lowest BCUT2D eigenvalue weighted by Crippen LogP contribution is -2.44. The summed E-state index contributed by atoms with van der Waals surface area (Å²) in [5.74, 6) is 0.562. The van der Waals surface area contributed by atoms with Gasteiger partial charge in [-0.3, -0.25) is 9.59 Å². The Morgan fingerprint density at radius 3 is 2.23 bits per heavy atom. The monoisotopic (exact) mass is 402 g/mol. The van der Waals surface area contributed by atoms with Crippen LogP contribution < -0.4 is 5.32 Å². The Hall–Kier alpha value is -3.64. The highest BCUT2D eigenvalue weighted by atomic mass is 16.5. The Kier molecular flexibility index (Phi) is 6.06. The van der Waals surface area contributed by atoms with Gasteiger partial charge in [0.15, 0.2) is 0 Å². The zero-order valence-corrected chi connectivity index (χ0v) is 16.4. The van der Waals surface area contributed by atoms with E-state index >= 15 is 0 Å². The van der Waals surface area contributed by atoms with E-state index in [1.54, 1.807) is 41.3 Å². The second-order valence-electron chi connectivity index (χ2n) is 6.85. The van der Waals surface area contributed by atoms with Crippen molar-refractivity contribution in [3.63, 3.8) is 0 Å². The molecule has 2 amide bonds. The van der Waals surface area contributed by atoms with Crippen molar-refractivity contribution < 1.29 is 18.7 Å². The van der Waals surface area contributed by atoms with Gasteiger partial charge in [0.25, 0.3) is 11.8 Å². The number of hydrogen-bond acceptors (Lipinski definition) is 4. The predicted octanol–water partition coefficient (Wildman–Crippen LogP) is 3.58. The molecule has 2 aromatic carbocycles. The zero-order chi connectivity index (χ0) is 20.8. The molecule has 1 aliphatic rings. The van der Waals surface area contributed by atoms with Gasteiger partial charge in [-0.25, -0.2) is 0 Å². The van der Waals surface area contributed by atoms with E-state index in [2.05, 4.69) is 5.32 Å². The molecule has 6 nitrogen and oxygen atoms in total. The molecule has 0 radical (unpaired) electrons. The third-order valence-electron chi connectivity index (χ3n) is 4.78. The molecular formula is C24H22N2O4. The Labute approximate surface area is 174 Å². The fourth-order valence-electron chi connectivity index (χ4n) is 3.20. The van der Waals surface area contributed by atoms with Crippen LogP contribution in [0.1, 0.15) is 16.1 Å². The third kappa shape index (κ3) is 4.67. The van der Waals surface area contributed by atoms with E-state index in [4.69, 9.17) is 9.15 Å². The number of morpholine rings is 1. The molecule has 0 unspecified atom stereocenters. The summed E-state index contributed by atoms with van der Waals surface area (Å²) in [6.45, 7) is 1.91. The smallest absolute Gasteiger partial charge is 0.270 e. The lowest BCUT2D eigenvalue weighted by molar-refractivity contribution is -0.131. The number of carbonyl (C=O) groups is 2. The number of nitrogens with zero attached hydrogens (tertiary/aromatic N) is 1. The van der Waals surface area contributed by atoms with Gasteiger partial charge in [-0.15, -0.1) is 0 Å². The number of amides is 2. The van der Waals surface area contributed by atoms with E-state index in [9.17, 15) is 9.59 Å². The first-order chi connectivity index (χ1) is 14.7. The highest BCUT2D eigenvalue weighted by Gasteiger charge is 2.23. The van der Waals surface area contributed by atoms with Crippen LogP contribution in [0, 0.1) is 0 Å². The van der Waals surface area contributed by atoms with Gasteiger partial charge in [0.2, 0.25) is 0 Å². The van der Waals surface area contributed by atoms with Crippen molar-refractivity contribution in [2.75, 3.05) is 26.3 Å². The summed E-state index contributed by atoms with van der Waals surface area (Å²) in [5.41, 5.74) is 1.58. The van der Waals surface area contributed by atoms with E-state index in [1.807, 2.05) is 42.5 Å². The van der Waals surface area contributed by atoms with E-state index < -0.39 is 0 Å². The van der Waals surface area contributed by atoms with E-state index in [-0.39, 0.29) is 17.5 Å². The highest BCUT2D eigenvalue weighted by molar-refractivity contribution is 6.05. The van der Waals surface area contributed by atoms with Crippen molar-refractivity contribution >= 4 is 17.9 Å². The largest absolute Gasteiger partial charge is 0.457 e. The predicted molar refractivity (Wildman–Crippen MR) is 113 cm³/mol. The van der Waals surface area contributed by atoms with Crippen LogP contribution in [0.3, 0.4) is 0 Å². The number of carbonyl (C=O) groups excluding carboxylic acids is 2. The summed E-state index contributed by atoms with van der Waals surface area (Å²) in [5, 5.41) is 2.76. The summed E-state index contributed by atoms with van der Waals surface area (Å²) >= 11 is 0. The molecule has 1 saturated heterocycles. The van der Waals surface area contributed by atoms with Gasteiger partial charge >= 0.3 is 0 Å². The summed E-state index contributed by atoms with van der Waals surface area (Å²) in [6, 6.07) is 22.1. The molecule has 2 heterocycles. The van der Waals surface area contributed by atoms with Gasteiger partial charge in [-0.1, -0.05) is 48.5 Å². The standard InChI is InChI=1S/C24H22N2O4/c27-23(19-9-5-2-6-10-19)25-21(24(28)26-13-15-29-16-14-26)17-20-11-12-22(30-20)18-7-3-1-4-8-18/h1-12,17H,13-16H2,(H,25,27)/b21-17+. The average molecular weight is 402 g/mol. The molecule has 6 heteroatoms. The summed E-state index contributed by atoms with van der Waals surface area (Å²) in [6.07, 6.45) is 1.57. The van der Waals surface area contributed by atoms with Gasteiger partial charge in [0.05, 0.1) is 13.2 Å². The minimum atomic E-state index is -0.349. The first-order valence-electron chi connectivity index (χ1n) is 9.81. The molecule has 1 N–H and O–H groups in total. The summed E-state index contributed by atoms with van der Waals surface area (Å²) in [7, 11) is 0. The van der Waals surface area contributed by atoms with Crippen LogP contribution in [-0.2, 0) is 9.53 Å². The first-order valence-corrected chi connectivity index (χ1v) is 9.81. The minimum Gasteiger partial charge on any atom is -0.457 e. The number of ether oxygens (including phenoxy) is 1. The molecule has 0 aliphatic carbocycles. The molecule has 1 aromatic heterocycles. The van der Waals surface area contributed by atoms with E-state index in [1.165, 1.54) is 0 Å².